The van der Waals surface area contributed by atoms with Crippen LogP contribution in [0.3, 0.4) is 0 Å². The van der Waals surface area contributed by atoms with Gasteiger partial charge in [-0.1, -0.05) is 17.7 Å². The van der Waals surface area contributed by atoms with Gasteiger partial charge in [-0.2, -0.15) is 0 Å². The number of carbonyl (C=O) groups is 1. The van der Waals surface area contributed by atoms with Crippen molar-refractivity contribution < 1.29 is 9.53 Å². The molecule has 0 bridgehead atoms. The second-order valence-electron chi connectivity index (χ2n) is 5.88. The Balaban J connectivity index is 2.09. The van der Waals surface area contributed by atoms with E-state index in [9.17, 15) is 4.79 Å². The number of pyridine rings is 1. The van der Waals surface area contributed by atoms with Gasteiger partial charge in [-0.15, -0.1) is 0 Å². The number of aromatic nitrogens is 1. The molecule has 0 unspecified atom stereocenters. The van der Waals surface area contributed by atoms with Crippen LogP contribution in [0.25, 0.3) is 0 Å². The van der Waals surface area contributed by atoms with E-state index in [0.29, 0.717) is 22.9 Å². The summed E-state index contributed by atoms with van der Waals surface area (Å²) in [7, 11) is 3.84. The predicted octanol–water partition coefficient (Wildman–Crippen LogP) is 3.52. The minimum absolute atomic E-state index is 0.0120. The lowest BCUT2D eigenvalue weighted by Crippen LogP contribution is -2.23. The molecule has 6 heteroatoms. The van der Waals surface area contributed by atoms with Crippen molar-refractivity contribution in [2.75, 3.05) is 19.0 Å². The summed E-state index contributed by atoms with van der Waals surface area (Å²) in [5, 5.41) is 3.20. The van der Waals surface area contributed by atoms with E-state index in [4.69, 9.17) is 16.3 Å². The van der Waals surface area contributed by atoms with E-state index < -0.39 is 0 Å². The average Bonchev–Trinajstić information content (AvgIpc) is 2.54. The van der Waals surface area contributed by atoms with Crippen molar-refractivity contribution in [1.82, 2.24) is 10.3 Å². The molecular formula is C18H22ClN3O2. The van der Waals surface area contributed by atoms with Crippen LogP contribution in [0.1, 0.15) is 29.8 Å². The molecule has 0 aliphatic rings. The molecule has 2 aromatic rings. The van der Waals surface area contributed by atoms with Crippen molar-refractivity contribution in [2.45, 2.75) is 26.5 Å². The topological polar surface area (TPSA) is 54.5 Å². The van der Waals surface area contributed by atoms with Gasteiger partial charge in [0.25, 0.3) is 5.91 Å². The largest absolute Gasteiger partial charge is 0.489 e. The van der Waals surface area contributed by atoms with Gasteiger partial charge in [0, 0.05) is 26.8 Å². The number of nitrogens with zero attached hydrogens (tertiary/aromatic N) is 2. The van der Waals surface area contributed by atoms with Crippen molar-refractivity contribution in [3.63, 3.8) is 0 Å². The molecule has 0 aliphatic carbocycles. The number of carbonyl (C=O) groups excluding carboxylic acids is 1. The molecule has 1 amide bonds. The maximum absolute atomic E-state index is 12.4. The lowest BCUT2D eigenvalue weighted by atomic mass is 10.2. The standard InChI is InChI=1S/C18H22ClN3O2/c1-12(2)24-15-7-5-6-14(17(15)19)18(23)21-11-13-8-9-20-16(10-13)22(3)4/h5-10,12H,11H2,1-4H3,(H,21,23). The van der Waals surface area contributed by atoms with E-state index in [1.54, 1.807) is 24.4 Å². The number of anilines is 1. The number of ether oxygens (including phenoxy) is 1. The molecule has 0 saturated carbocycles. The zero-order valence-electron chi connectivity index (χ0n) is 14.3. The molecule has 1 aromatic carbocycles. The molecule has 1 N–H and O–H groups in total. The Bertz CT molecular complexity index is 717. The lowest BCUT2D eigenvalue weighted by molar-refractivity contribution is 0.0950. The predicted molar refractivity (Wildman–Crippen MR) is 97.0 cm³/mol. The highest BCUT2D eigenvalue weighted by atomic mass is 35.5. The van der Waals surface area contributed by atoms with Crippen molar-refractivity contribution in [3.05, 3.63) is 52.7 Å². The molecule has 0 radical (unpaired) electrons. The monoisotopic (exact) mass is 347 g/mol. The van der Waals surface area contributed by atoms with Crippen LogP contribution in [0, 0.1) is 0 Å². The fraction of sp³-hybridized carbons (Fsp3) is 0.333. The van der Waals surface area contributed by atoms with Crippen LogP contribution in [0.4, 0.5) is 5.82 Å². The SMILES string of the molecule is CC(C)Oc1cccc(C(=O)NCc2ccnc(N(C)C)c2)c1Cl. The van der Waals surface area contributed by atoms with Crippen molar-refractivity contribution in [1.29, 1.82) is 0 Å². The fourth-order valence-corrected chi connectivity index (χ4v) is 2.38. The molecule has 0 saturated heterocycles. The quantitative estimate of drug-likeness (QED) is 0.868. The van der Waals surface area contributed by atoms with Crippen LogP contribution < -0.4 is 15.0 Å². The van der Waals surface area contributed by atoms with Gasteiger partial charge in [-0.25, -0.2) is 4.98 Å². The van der Waals surface area contributed by atoms with E-state index in [2.05, 4.69) is 10.3 Å². The van der Waals surface area contributed by atoms with E-state index in [1.165, 1.54) is 0 Å². The molecule has 1 aromatic heterocycles. The zero-order chi connectivity index (χ0) is 17.7. The van der Waals surface area contributed by atoms with Gasteiger partial charge in [-0.05, 0) is 43.7 Å². The number of benzene rings is 1. The highest BCUT2D eigenvalue weighted by Gasteiger charge is 2.15. The highest BCUT2D eigenvalue weighted by Crippen LogP contribution is 2.29. The summed E-state index contributed by atoms with van der Waals surface area (Å²) in [6.07, 6.45) is 1.71. The van der Waals surface area contributed by atoms with Gasteiger partial charge >= 0.3 is 0 Å². The van der Waals surface area contributed by atoms with Crippen LogP contribution in [0.2, 0.25) is 5.02 Å². The second kappa shape index (κ2) is 8.02. The van der Waals surface area contributed by atoms with E-state index in [1.807, 2.05) is 45.0 Å². The van der Waals surface area contributed by atoms with Gasteiger partial charge in [0.1, 0.15) is 11.6 Å². The van der Waals surface area contributed by atoms with Gasteiger partial charge in [-0.3, -0.25) is 4.79 Å². The third-order valence-electron chi connectivity index (χ3n) is 3.29. The summed E-state index contributed by atoms with van der Waals surface area (Å²) in [4.78, 5) is 18.6. The van der Waals surface area contributed by atoms with Gasteiger partial charge in [0.15, 0.2) is 0 Å². The summed E-state index contributed by atoms with van der Waals surface area (Å²) in [6.45, 7) is 4.22. The molecule has 0 fully saturated rings. The van der Waals surface area contributed by atoms with E-state index in [0.717, 1.165) is 11.4 Å². The summed E-state index contributed by atoms with van der Waals surface area (Å²) in [5.74, 6) is 1.11. The van der Waals surface area contributed by atoms with Crippen LogP contribution in [0.15, 0.2) is 36.5 Å². The van der Waals surface area contributed by atoms with Gasteiger partial charge < -0.3 is 15.0 Å². The molecule has 0 aliphatic heterocycles. The number of hydrogen-bond donors (Lipinski definition) is 1. The van der Waals surface area contributed by atoms with Crippen molar-refractivity contribution in [2.24, 2.45) is 0 Å². The van der Waals surface area contributed by atoms with E-state index in [-0.39, 0.29) is 12.0 Å². The Morgan fingerprint density at radius 2 is 2.08 bits per heavy atom. The Kier molecular flexibility index (Phi) is 6.04. The molecule has 128 valence electrons. The van der Waals surface area contributed by atoms with E-state index >= 15 is 0 Å². The summed E-state index contributed by atoms with van der Waals surface area (Å²) in [5.41, 5.74) is 1.37. The first kappa shape index (κ1) is 18.1. The molecular weight excluding hydrogens is 326 g/mol. The second-order valence-corrected chi connectivity index (χ2v) is 6.26. The molecule has 2 rings (SSSR count). The first-order valence-electron chi connectivity index (χ1n) is 7.74. The van der Waals surface area contributed by atoms with Crippen LogP contribution in [-0.2, 0) is 6.54 Å². The molecule has 5 nitrogen and oxygen atoms in total. The number of amides is 1. The Morgan fingerprint density at radius 3 is 2.75 bits per heavy atom. The zero-order valence-corrected chi connectivity index (χ0v) is 15.1. The minimum Gasteiger partial charge on any atom is -0.489 e. The summed E-state index contributed by atoms with van der Waals surface area (Å²) >= 11 is 6.29. The van der Waals surface area contributed by atoms with Crippen LogP contribution in [0.5, 0.6) is 5.75 Å². The number of nitrogens with one attached hydrogen (secondary N) is 1. The van der Waals surface area contributed by atoms with Gasteiger partial charge in [0.2, 0.25) is 0 Å². The molecule has 0 spiro atoms. The third kappa shape index (κ3) is 4.61. The minimum atomic E-state index is -0.238. The Morgan fingerprint density at radius 1 is 1.33 bits per heavy atom. The first-order chi connectivity index (χ1) is 11.4. The summed E-state index contributed by atoms with van der Waals surface area (Å²) in [6, 6.07) is 9.00. The average molecular weight is 348 g/mol. The molecule has 0 atom stereocenters. The number of rotatable bonds is 6. The fourth-order valence-electron chi connectivity index (χ4n) is 2.12. The number of halogens is 1. The Hall–Kier alpha value is -2.27. The molecule has 24 heavy (non-hydrogen) atoms. The van der Waals surface area contributed by atoms with Crippen LogP contribution >= 0.6 is 11.6 Å². The summed E-state index contributed by atoms with van der Waals surface area (Å²) < 4.78 is 5.61. The van der Waals surface area contributed by atoms with Crippen molar-refractivity contribution in [3.8, 4) is 5.75 Å². The van der Waals surface area contributed by atoms with Crippen molar-refractivity contribution >= 4 is 23.3 Å². The maximum atomic E-state index is 12.4. The smallest absolute Gasteiger partial charge is 0.253 e. The molecule has 1 heterocycles. The van der Waals surface area contributed by atoms with Gasteiger partial charge in [0.05, 0.1) is 16.7 Å². The normalized spacial score (nSPS) is 10.6. The third-order valence-corrected chi connectivity index (χ3v) is 3.68. The highest BCUT2D eigenvalue weighted by molar-refractivity contribution is 6.35. The Labute approximate surface area is 147 Å². The maximum Gasteiger partial charge on any atom is 0.253 e. The first-order valence-corrected chi connectivity index (χ1v) is 8.12. The van der Waals surface area contributed by atoms with Crippen LogP contribution in [-0.4, -0.2) is 31.1 Å². The number of hydrogen-bond acceptors (Lipinski definition) is 4. The lowest BCUT2D eigenvalue weighted by Gasteiger charge is -2.14.